The molecule has 6 atom stereocenters. The number of aliphatic hydroxyl groups excluding tert-OH is 2. The van der Waals surface area contributed by atoms with Crippen LogP contribution in [0, 0.1) is 11.8 Å². The number of amides is 1. The van der Waals surface area contributed by atoms with Crippen molar-refractivity contribution in [3.63, 3.8) is 0 Å². The number of nitrogens with one attached hydrogen (secondary N) is 1. The van der Waals surface area contributed by atoms with Crippen LogP contribution in [0.15, 0.2) is 12.7 Å². The van der Waals surface area contributed by atoms with Gasteiger partial charge in [0, 0.05) is 23.7 Å². The molecular formula is C22H33N8O6S+. The number of nitrogens with zero attached hydrogens (tertiary/aromatic N) is 4. The Hall–Kier alpha value is -3.00. The minimum Gasteiger partial charge on any atom is -0.480 e. The molecule has 202 valence electrons. The summed E-state index contributed by atoms with van der Waals surface area (Å²) in [7, 11) is -0.511. The van der Waals surface area contributed by atoms with Crippen LogP contribution in [0.5, 0.6) is 0 Å². The zero-order valence-electron chi connectivity index (χ0n) is 20.2. The number of aliphatic carboxylic acids is 1. The predicted octanol–water partition coefficient (Wildman–Crippen LogP) is -2.69. The third-order valence-electron chi connectivity index (χ3n) is 5.82. The van der Waals surface area contributed by atoms with E-state index in [1.54, 1.807) is 0 Å². The van der Waals surface area contributed by atoms with Gasteiger partial charge in [0.15, 0.2) is 23.4 Å². The number of aliphatic hydroxyl groups is 2. The van der Waals surface area contributed by atoms with E-state index in [9.17, 15) is 19.8 Å². The number of aromatic nitrogens is 4. The summed E-state index contributed by atoms with van der Waals surface area (Å²) in [5.41, 5.74) is 17.6. The maximum atomic E-state index is 11.7. The average molecular weight is 538 g/mol. The number of ether oxygens (including phenoxy) is 1. The van der Waals surface area contributed by atoms with Crippen molar-refractivity contribution in [1.82, 2.24) is 24.8 Å². The van der Waals surface area contributed by atoms with Crippen LogP contribution in [-0.4, -0.2) is 101 Å². The van der Waals surface area contributed by atoms with E-state index in [-0.39, 0.29) is 24.7 Å². The highest BCUT2D eigenvalue weighted by molar-refractivity contribution is 7.97. The fourth-order valence-corrected chi connectivity index (χ4v) is 5.79. The van der Waals surface area contributed by atoms with Crippen molar-refractivity contribution in [2.75, 3.05) is 36.1 Å². The number of nitrogen functional groups attached to an aromatic ring is 1. The minimum absolute atomic E-state index is 0.132. The number of carbonyl (C=O) groups excluding carboxylic acids is 1. The molecule has 1 aliphatic rings. The standard InChI is InChI=1S/C22H32N8O6S/c23-6-3-4-15(31)26-7-1-2-8-37(9-5-13(24)22(34)35)10-14-17(32)18(33)21(36-14)30-12-29-16-19(25)27-11-28-20(16)30/h11-14,17-18,21,32-33H,3-10,23-24H2,(H3-,25,26,27,28,31,34,35)/p+1/t13-,14+,17+,18+,21+,37+/m0/s1. The second-order valence-electron chi connectivity index (χ2n) is 8.51. The summed E-state index contributed by atoms with van der Waals surface area (Å²) in [5, 5.41) is 33.3. The lowest BCUT2D eigenvalue weighted by molar-refractivity contribution is -0.138. The molecule has 0 aromatic carbocycles. The normalized spacial score (nSPS) is 22.8. The first-order chi connectivity index (χ1) is 17.7. The number of carboxylic acid groups (broad SMARTS) is 1. The quantitative estimate of drug-likeness (QED) is 0.108. The molecule has 0 radical (unpaired) electrons. The van der Waals surface area contributed by atoms with E-state index in [2.05, 4.69) is 32.1 Å². The predicted molar refractivity (Wildman–Crippen MR) is 137 cm³/mol. The fourth-order valence-electron chi connectivity index (χ4n) is 3.73. The van der Waals surface area contributed by atoms with Gasteiger partial charge in [-0.15, -0.1) is 0 Å². The zero-order valence-corrected chi connectivity index (χ0v) is 21.0. The maximum absolute atomic E-state index is 11.7. The van der Waals surface area contributed by atoms with E-state index in [0.29, 0.717) is 47.8 Å². The van der Waals surface area contributed by atoms with Gasteiger partial charge < -0.3 is 42.6 Å². The molecule has 3 rings (SSSR count). The molecule has 0 saturated carbocycles. The molecule has 2 aromatic heterocycles. The Morgan fingerprint density at radius 3 is 2.76 bits per heavy atom. The molecule has 3 heterocycles. The van der Waals surface area contributed by atoms with Gasteiger partial charge in [-0.05, 0) is 18.9 Å². The van der Waals surface area contributed by atoms with Crippen LogP contribution in [0.2, 0.25) is 0 Å². The zero-order chi connectivity index (χ0) is 26.9. The highest BCUT2D eigenvalue weighted by Gasteiger charge is 2.47. The molecule has 2 aromatic rings. The van der Waals surface area contributed by atoms with Crippen LogP contribution >= 0.6 is 0 Å². The van der Waals surface area contributed by atoms with Crippen LogP contribution in [-0.2, 0) is 25.2 Å². The van der Waals surface area contributed by atoms with E-state index in [1.807, 2.05) is 0 Å². The van der Waals surface area contributed by atoms with Gasteiger partial charge in [-0.25, -0.2) is 15.0 Å². The highest BCUT2D eigenvalue weighted by Crippen LogP contribution is 2.33. The van der Waals surface area contributed by atoms with Crippen molar-refractivity contribution in [2.24, 2.45) is 11.5 Å². The third-order valence-corrected chi connectivity index (χ3v) is 7.98. The second-order valence-corrected chi connectivity index (χ2v) is 10.8. The first-order valence-corrected chi connectivity index (χ1v) is 13.5. The smallest absolute Gasteiger partial charge is 0.320 e. The van der Waals surface area contributed by atoms with Gasteiger partial charge in [0.2, 0.25) is 5.91 Å². The molecule has 14 nitrogen and oxygen atoms in total. The summed E-state index contributed by atoms with van der Waals surface area (Å²) in [6.07, 6.45) is -0.350. The molecule has 0 aliphatic carbocycles. The van der Waals surface area contributed by atoms with E-state index in [0.717, 1.165) is 0 Å². The Bertz CT molecular complexity index is 1140. The Balaban J connectivity index is 1.66. The molecule has 37 heavy (non-hydrogen) atoms. The number of fused-ring (bicyclic) bond motifs is 1. The average Bonchev–Trinajstić information content (AvgIpc) is 3.42. The van der Waals surface area contributed by atoms with Crippen molar-refractivity contribution in [1.29, 1.82) is 0 Å². The van der Waals surface area contributed by atoms with Gasteiger partial charge in [-0.3, -0.25) is 14.2 Å². The Morgan fingerprint density at radius 1 is 1.24 bits per heavy atom. The number of carbonyl (C=O) groups is 2. The summed E-state index contributed by atoms with van der Waals surface area (Å²) < 4.78 is 7.52. The number of hydrogen-bond acceptors (Lipinski definition) is 11. The van der Waals surface area contributed by atoms with E-state index in [4.69, 9.17) is 27.0 Å². The molecule has 0 bridgehead atoms. The number of imidazole rings is 1. The van der Waals surface area contributed by atoms with Gasteiger partial charge >= 0.3 is 5.97 Å². The van der Waals surface area contributed by atoms with Crippen LogP contribution in [0.3, 0.4) is 0 Å². The SMILES string of the molecule is NCCCC(=O)NCC#CC[S@+](CC[C@H](N)C(=O)O)C[C@H]1O[C@@H](n2cnc3c(N)ncnc32)[C@H](O)[C@@H]1O. The number of nitrogens with two attached hydrogens (primary N) is 3. The topological polar surface area (TPSA) is 238 Å². The van der Waals surface area contributed by atoms with Crippen LogP contribution in [0.1, 0.15) is 25.5 Å². The minimum atomic E-state index is -1.26. The Morgan fingerprint density at radius 2 is 2.03 bits per heavy atom. The molecule has 1 fully saturated rings. The number of rotatable bonds is 12. The molecule has 10 N–H and O–H groups in total. The Kier molecular flexibility index (Phi) is 10.4. The molecule has 1 amide bonds. The summed E-state index contributed by atoms with van der Waals surface area (Å²) in [6.45, 7) is 0.612. The molecule has 0 spiro atoms. The largest absolute Gasteiger partial charge is 0.480 e. The molecule has 15 heteroatoms. The van der Waals surface area contributed by atoms with Crippen molar-refractivity contribution in [2.45, 2.75) is 49.8 Å². The Labute approximate surface area is 216 Å². The van der Waals surface area contributed by atoms with Gasteiger partial charge in [-0.1, -0.05) is 5.92 Å². The van der Waals surface area contributed by atoms with E-state index < -0.39 is 47.4 Å². The molecule has 0 unspecified atom stereocenters. The van der Waals surface area contributed by atoms with Crippen molar-refractivity contribution >= 4 is 39.8 Å². The molecule has 1 aliphatic heterocycles. The second kappa shape index (κ2) is 13.5. The number of hydrogen-bond donors (Lipinski definition) is 7. The lowest BCUT2D eigenvalue weighted by Crippen LogP contribution is -2.38. The summed E-state index contributed by atoms with van der Waals surface area (Å²) in [5.74, 6) is 5.99. The lowest BCUT2D eigenvalue weighted by atomic mass is 10.1. The number of carboxylic acids is 1. The van der Waals surface area contributed by atoms with Crippen molar-refractivity contribution in [3.05, 3.63) is 12.7 Å². The van der Waals surface area contributed by atoms with Gasteiger partial charge in [-0.2, -0.15) is 0 Å². The van der Waals surface area contributed by atoms with Crippen molar-refractivity contribution < 1.29 is 29.6 Å². The number of anilines is 1. The van der Waals surface area contributed by atoms with Gasteiger partial charge in [0.25, 0.3) is 0 Å². The van der Waals surface area contributed by atoms with Crippen LogP contribution in [0.25, 0.3) is 11.2 Å². The lowest BCUT2D eigenvalue weighted by Gasteiger charge is -2.16. The van der Waals surface area contributed by atoms with Crippen LogP contribution < -0.4 is 22.5 Å². The van der Waals surface area contributed by atoms with Gasteiger partial charge in [0.1, 0.15) is 47.7 Å². The van der Waals surface area contributed by atoms with E-state index in [1.165, 1.54) is 17.2 Å². The van der Waals surface area contributed by atoms with Crippen molar-refractivity contribution in [3.8, 4) is 11.8 Å². The molecule has 1 saturated heterocycles. The first-order valence-electron chi connectivity index (χ1n) is 11.7. The monoisotopic (exact) mass is 537 g/mol. The van der Waals surface area contributed by atoms with Gasteiger partial charge in [0.05, 0.1) is 12.9 Å². The maximum Gasteiger partial charge on any atom is 0.320 e. The molecular weight excluding hydrogens is 504 g/mol. The third kappa shape index (κ3) is 7.51. The van der Waals surface area contributed by atoms with Crippen LogP contribution in [0.4, 0.5) is 5.82 Å². The summed E-state index contributed by atoms with van der Waals surface area (Å²) in [6, 6.07) is -1.03. The van der Waals surface area contributed by atoms with E-state index >= 15 is 0 Å². The first kappa shape index (κ1) is 28.6. The fraction of sp³-hybridized carbons (Fsp3) is 0.591. The summed E-state index contributed by atoms with van der Waals surface area (Å²) >= 11 is 0. The summed E-state index contributed by atoms with van der Waals surface area (Å²) in [4.78, 5) is 35.1. The highest BCUT2D eigenvalue weighted by atomic mass is 32.2.